The second kappa shape index (κ2) is 5.80. The second-order valence-corrected chi connectivity index (χ2v) is 6.93. The van der Waals surface area contributed by atoms with Crippen molar-refractivity contribution in [2.75, 3.05) is 12.8 Å². The summed E-state index contributed by atoms with van der Waals surface area (Å²) in [6.45, 7) is 0. The molecule has 0 amide bonds. The summed E-state index contributed by atoms with van der Waals surface area (Å²) in [7, 11) is -2.14. The van der Waals surface area contributed by atoms with Crippen molar-refractivity contribution in [2.24, 2.45) is 0 Å². The molecule has 1 heterocycles. The van der Waals surface area contributed by atoms with Crippen molar-refractivity contribution in [3.8, 4) is 5.75 Å². The van der Waals surface area contributed by atoms with Crippen LogP contribution in [0.3, 0.4) is 0 Å². The van der Waals surface area contributed by atoms with Crippen LogP contribution >= 0.6 is 15.9 Å². The van der Waals surface area contributed by atoms with Crippen molar-refractivity contribution in [2.45, 2.75) is 10.8 Å². The Labute approximate surface area is 125 Å². The van der Waals surface area contributed by atoms with Crippen molar-refractivity contribution in [3.63, 3.8) is 0 Å². The van der Waals surface area contributed by atoms with Gasteiger partial charge < -0.3 is 10.5 Å². The average molecular weight is 357 g/mol. The van der Waals surface area contributed by atoms with Gasteiger partial charge in [0.25, 0.3) is 0 Å². The first-order valence-electron chi connectivity index (χ1n) is 5.69. The van der Waals surface area contributed by atoms with E-state index < -0.39 is 9.84 Å². The Morgan fingerprint density at radius 1 is 1.35 bits per heavy atom. The molecule has 0 unspecified atom stereocenters. The molecule has 0 aliphatic carbocycles. The van der Waals surface area contributed by atoms with Gasteiger partial charge in [-0.2, -0.15) is 0 Å². The molecular weight excluding hydrogens is 344 g/mol. The molecule has 0 aliphatic heterocycles. The molecule has 1 aromatic carbocycles. The minimum atomic E-state index is -3.63. The lowest BCUT2D eigenvalue weighted by Crippen LogP contribution is -2.10. The van der Waals surface area contributed by atoms with E-state index in [1.807, 2.05) is 0 Å². The number of anilines is 1. The third kappa shape index (κ3) is 3.10. The van der Waals surface area contributed by atoms with Crippen LogP contribution in [0.1, 0.15) is 5.56 Å². The van der Waals surface area contributed by atoms with Crippen LogP contribution in [0.2, 0.25) is 0 Å². The smallest absolute Gasteiger partial charge is 0.201 e. The molecule has 0 atom stereocenters. The summed E-state index contributed by atoms with van der Waals surface area (Å²) >= 11 is 3.31. The number of halogens is 1. The zero-order valence-electron chi connectivity index (χ0n) is 10.7. The van der Waals surface area contributed by atoms with Gasteiger partial charge in [0.1, 0.15) is 5.75 Å². The van der Waals surface area contributed by atoms with Gasteiger partial charge in [-0.3, -0.25) is 0 Å². The van der Waals surface area contributed by atoms with Crippen LogP contribution in [-0.4, -0.2) is 20.5 Å². The predicted octanol–water partition coefficient (Wildman–Crippen LogP) is 2.41. The van der Waals surface area contributed by atoms with E-state index in [4.69, 9.17) is 10.5 Å². The molecule has 0 aliphatic rings. The molecule has 0 radical (unpaired) electrons. The molecule has 2 rings (SSSR count). The quantitative estimate of drug-likeness (QED) is 0.909. The third-order valence-electron chi connectivity index (χ3n) is 2.68. The standard InChI is InChI=1S/C13H13BrN2O3S/c1-19-12-5-4-10(14)7-9(12)8-20(17,18)13-11(15)3-2-6-16-13/h2-7H,8,15H2,1H3. The first-order chi connectivity index (χ1) is 9.44. The van der Waals surface area contributed by atoms with Gasteiger partial charge in [0.15, 0.2) is 5.03 Å². The SMILES string of the molecule is COc1ccc(Br)cc1CS(=O)(=O)c1ncccc1N. The highest BCUT2D eigenvalue weighted by atomic mass is 79.9. The summed E-state index contributed by atoms with van der Waals surface area (Å²) in [5.74, 6) is 0.280. The molecule has 7 heteroatoms. The zero-order chi connectivity index (χ0) is 14.8. The van der Waals surface area contributed by atoms with E-state index in [0.29, 0.717) is 11.3 Å². The van der Waals surface area contributed by atoms with Crippen LogP contribution in [0.15, 0.2) is 46.0 Å². The van der Waals surface area contributed by atoms with E-state index >= 15 is 0 Å². The number of pyridine rings is 1. The molecule has 2 N–H and O–H groups in total. The Kier molecular flexibility index (Phi) is 4.29. The van der Waals surface area contributed by atoms with Crippen LogP contribution in [0.25, 0.3) is 0 Å². The number of rotatable bonds is 4. The summed E-state index contributed by atoms with van der Waals surface area (Å²) in [5.41, 5.74) is 6.37. The Bertz CT molecular complexity index is 732. The molecule has 0 spiro atoms. The highest BCUT2D eigenvalue weighted by Gasteiger charge is 2.21. The van der Waals surface area contributed by atoms with E-state index in [-0.39, 0.29) is 16.5 Å². The van der Waals surface area contributed by atoms with Gasteiger partial charge >= 0.3 is 0 Å². The lowest BCUT2D eigenvalue weighted by Gasteiger charge is -2.10. The van der Waals surface area contributed by atoms with Crippen LogP contribution in [0.5, 0.6) is 5.75 Å². The van der Waals surface area contributed by atoms with Gasteiger partial charge in [-0.25, -0.2) is 13.4 Å². The van der Waals surface area contributed by atoms with Gasteiger partial charge in [0, 0.05) is 16.2 Å². The first kappa shape index (κ1) is 14.8. The maximum Gasteiger partial charge on any atom is 0.201 e. The van der Waals surface area contributed by atoms with E-state index in [1.165, 1.54) is 19.4 Å². The largest absolute Gasteiger partial charge is 0.496 e. The number of nitrogen functional groups attached to an aromatic ring is 1. The lowest BCUT2D eigenvalue weighted by atomic mass is 10.2. The van der Waals surface area contributed by atoms with Gasteiger partial charge in [0.2, 0.25) is 9.84 Å². The summed E-state index contributed by atoms with van der Waals surface area (Å²) < 4.78 is 30.7. The van der Waals surface area contributed by atoms with E-state index in [9.17, 15) is 8.42 Å². The minimum absolute atomic E-state index is 0.109. The maximum atomic E-state index is 12.4. The molecule has 2 aromatic rings. The van der Waals surface area contributed by atoms with Gasteiger partial charge in [-0.05, 0) is 30.3 Å². The number of hydrogen-bond donors (Lipinski definition) is 1. The molecule has 0 saturated heterocycles. The predicted molar refractivity (Wildman–Crippen MR) is 80.2 cm³/mol. The van der Waals surface area contributed by atoms with Crippen molar-refractivity contribution in [1.29, 1.82) is 0 Å². The van der Waals surface area contributed by atoms with E-state index in [2.05, 4.69) is 20.9 Å². The second-order valence-electron chi connectivity index (χ2n) is 4.11. The number of hydrogen-bond acceptors (Lipinski definition) is 5. The molecule has 1 aromatic heterocycles. The fourth-order valence-electron chi connectivity index (χ4n) is 1.80. The van der Waals surface area contributed by atoms with Gasteiger partial charge in [-0.15, -0.1) is 0 Å². The van der Waals surface area contributed by atoms with E-state index in [0.717, 1.165) is 4.47 Å². The van der Waals surface area contributed by atoms with Crippen molar-refractivity contribution in [3.05, 3.63) is 46.6 Å². The van der Waals surface area contributed by atoms with Crippen molar-refractivity contribution < 1.29 is 13.2 Å². The number of nitrogens with two attached hydrogens (primary N) is 1. The number of benzene rings is 1. The average Bonchev–Trinajstić information content (AvgIpc) is 2.39. The highest BCUT2D eigenvalue weighted by molar-refractivity contribution is 9.10. The Morgan fingerprint density at radius 3 is 2.75 bits per heavy atom. The van der Waals surface area contributed by atoms with Crippen LogP contribution < -0.4 is 10.5 Å². The number of nitrogens with zero attached hydrogens (tertiary/aromatic N) is 1. The zero-order valence-corrected chi connectivity index (χ0v) is 13.1. The Hall–Kier alpha value is -1.60. The lowest BCUT2D eigenvalue weighted by molar-refractivity contribution is 0.411. The number of methoxy groups -OCH3 is 1. The van der Waals surface area contributed by atoms with Gasteiger partial charge in [0.05, 0.1) is 18.6 Å². The molecule has 106 valence electrons. The fourth-order valence-corrected chi connectivity index (χ4v) is 3.63. The first-order valence-corrected chi connectivity index (χ1v) is 8.14. The minimum Gasteiger partial charge on any atom is -0.496 e. The molecular formula is C13H13BrN2O3S. The molecule has 5 nitrogen and oxygen atoms in total. The van der Waals surface area contributed by atoms with Gasteiger partial charge in [-0.1, -0.05) is 15.9 Å². The third-order valence-corrected chi connectivity index (χ3v) is 4.80. The molecule has 0 bridgehead atoms. The summed E-state index contributed by atoms with van der Waals surface area (Å²) in [4.78, 5) is 3.86. The highest BCUT2D eigenvalue weighted by Crippen LogP contribution is 2.27. The maximum absolute atomic E-state index is 12.4. The molecule has 0 fully saturated rings. The normalized spacial score (nSPS) is 11.3. The van der Waals surface area contributed by atoms with Crippen molar-refractivity contribution in [1.82, 2.24) is 4.98 Å². The number of sulfone groups is 1. The molecule has 20 heavy (non-hydrogen) atoms. The summed E-state index contributed by atoms with van der Waals surface area (Å²) in [6.07, 6.45) is 1.40. The topological polar surface area (TPSA) is 82.3 Å². The van der Waals surface area contributed by atoms with E-state index in [1.54, 1.807) is 24.3 Å². The summed E-state index contributed by atoms with van der Waals surface area (Å²) in [6, 6.07) is 8.29. The number of ether oxygens (including phenoxy) is 1. The fraction of sp³-hybridized carbons (Fsp3) is 0.154. The molecule has 0 saturated carbocycles. The monoisotopic (exact) mass is 356 g/mol. The van der Waals surface area contributed by atoms with Crippen LogP contribution in [0.4, 0.5) is 5.69 Å². The summed E-state index contributed by atoms with van der Waals surface area (Å²) in [5, 5.41) is -0.109. The van der Waals surface area contributed by atoms with Crippen LogP contribution in [-0.2, 0) is 15.6 Å². The van der Waals surface area contributed by atoms with Crippen LogP contribution in [0, 0.1) is 0 Å². The Morgan fingerprint density at radius 2 is 2.10 bits per heavy atom. The number of aromatic nitrogens is 1. The van der Waals surface area contributed by atoms with Crippen molar-refractivity contribution >= 4 is 31.5 Å². The Balaban J connectivity index is 2.44.